The van der Waals surface area contributed by atoms with Gasteiger partial charge < -0.3 is 84.4 Å². The lowest BCUT2D eigenvalue weighted by Crippen LogP contribution is -2.37. The molecule has 13 heterocycles. The lowest BCUT2D eigenvalue weighted by molar-refractivity contribution is -0.349. The van der Waals surface area contributed by atoms with Crippen LogP contribution >= 0.6 is 0 Å². The first kappa shape index (κ1) is 79.7. The van der Waals surface area contributed by atoms with E-state index in [0.717, 1.165) is 163 Å². The number of carbonyl (C=O) groups is 7. The number of para-hydroxylation sites is 5. The van der Waals surface area contributed by atoms with Crippen LogP contribution in [0.2, 0.25) is 0 Å². The second kappa shape index (κ2) is 35.8. The summed E-state index contributed by atoms with van der Waals surface area (Å²) >= 11 is 0. The highest BCUT2D eigenvalue weighted by Crippen LogP contribution is 2.34. The minimum Gasteiger partial charge on any atom is -0.619 e. The molecule has 0 saturated carbocycles. The van der Waals surface area contributed by atoms with Crippen molar-refractivity contribution < 1.29 is 43.0 Å². The molecule has 1 fully saturated rings. The van der Waals surface area contributed by atoms with Gasteiger partial charge in [0.1, 0.15) is 29.9 Å². The zero-order valence-corrected chi connectivity index (χ0v) is 67.2. The predicted octanol–water partition coefficient (Wildman–Crippen LogP) is 9.20. The summed E-state index contributed by atoms with van der Waals surface area (Å²) in [5.41, 5.74) is 16.2. The van der Waals surface area contributed by atoms with Crippen molar-refractivity contribution >= 4 is 109 Å². The van der Waals surface area contributed by atoms with Crippen molar-refractivity contribution in [3.05, 3.63) is 220 Å². The molecule has 8 N–H and O–H groups in total. The first-order valence-electron chi connectivity index (χ1n) is 40.8. The SMILES string of the molecule is C=[N+]([O-])c1cccc(-c2ccc(-c3nc4cccc5c4n3CCNC5=O)[nH]2)c1.CCc1nc2cccc3c2n1CCNC3=O.COc1cccc(CCNC(=O)CCc2nc3cccc4c3n2CCNC4=O)c1.Cn1ccnc1-c1nc2cccc3c2n1CCNC3=O.O=C(CCc1nc2cccc3c2n1CCNC3=O)NCCN1CCCCC1. The van der Waals surface area contributed by atoms with Crippen molar-refractivity contribution in [3.8, 4) is 40.2 Å². The quantitative estimate of drug-likeness (QED) is 0.0172. The molecule has 6 aliphatic rings. The van der Waals surface area contributed by atoms with Crippen molar-refractivity contribution in [2.75, 3.05) is 72.6 Å². The van der Waals surface area contributed by atoms with Gasteiger partial charge in [-0.25, -0.2) is 29.9 Å². The summed E-state index contributed by atoms with van der Waals surface area (Å²) in [4.78, 5) is 119. The number of benzene rings is 7. The van der Waals surface area contributed by atoms with Crippen molar-refractivity contribution in [1.82, 2.24) is 104 Å². The van der Waals surface area contributed by atoms with E-state index in [9.17, 15) is 38.8 Å². The van der Waals surface area contributed by atoms with Gasteiger partial charge >= 0.3 is 0 Å². The van der Waals surface area contributed by atoms with Crippen molar-refractivity contribution in [3.63, 3.8) is 0 Å². The Kier molecular flexibility index (Phi) is 23.8. The van der Waals surface area contributed by atoms with Crippen LogP contribution in [0.5, 0.6) is 5.75 Å². The molecule has 0 radical (unpaired) electrons. The number of aromatic amines is 1. The number of methoxy groups -OCH3 is 1. The molecule has 20 rings (SSSR count). The number of hydrogen-bond acceptors (Lipinski definition) is 16. The highest BCUT2D eigenvalue weighted by molar-refractivity contribution is 6.09. The maximum absolute atomic E-state index is 12.3. The zero-order valence-electron chi connectivity index (χ0n) is 67.2. The van der Waals surface area contributed by atoms with Gasteiger partial charge in [0.2, 0.25) is 17.5 Å². The maximum Gasteiger partial charge on any atom is 0.253 e. The number of piperidine rings is 1. The number of hydrogen-bond donors (Lipinski definition) is 8. The Balaban J connectivity index is 0.000000113. The summed E-state index contributed by atoms with van der Waals surface area (Å²) in [6.45, 7) is 16.4. The van der Waals surface area contributed by atoms with E-state index in [1.165, 1.54) is 19.3 Å². The molecule has 0 atom stereocenters. The van der Waals surface area contributed by atoms with E-state index < -0.39 is 0 Å². The summed E-state index contributed by atoms with van der Waals surface area (Å²) in [6.07, 6.45) is 11.0. The topological polar surface area (TPSA) is 365 Å². The number of ether oxygens (including phenoxy) is 1. The molecule has 7 aromatic carbocycles. The predicted molar refractivity (Wildman–Crippen MR) is 457 cm³/mol. The highest BCUT2D eigenvalue weighted by atomic mass is 16.5. The third-order valence-electron chi connectivity index (χ3n) is 22.3. The maximum atomic E-state index is 12.3. The number of imidazole rings is 6. The molecule has 14 aromatic rings. The van der Waals surface area contributed by atoms with Gasteiger partial charge in [-0.05, 0) is 123 Å². The lowest BCUT2D eigenvalue weighted by Gasteiger charge is -2.26. The molecule has 31 nitrogen and oxygen atoms in total. The fourth-order valence-corrected chi connectivity index (χ4v) is 16.5. The number of amides is 7. The van der Waals surface area contributed by atoms with Gasteiger partial charge in [-0.3, -0.25) is 33.6 Å². The Morgan fingerprint density at radius 1 is 0.475 bits per heavy atom. The van der Waals surface area contributed by atoms with Crippen LogP contribution in [0.15, 0.2) is 164 Å². The Morgan fingerprint density at radius 2 is 0.908 bits per heavy atom. The van der Waals surface area contributed by atoms with Gasteiger partial charge in [-0.15, -0.1) is 0 Å². The van der Waals surface area contributed by atoms with Gasteiger partial charge in [0.05, 0.1) is 95.8 Å². The molecule has 1 saturated heterocycles. The summed E-state index contributed by atoms with van der Waals surface area (Å²) in [5.74, 6) is 5.80. The Labute approximate surface area is 690 Å². The van der Waals surface area contributed by atoms with E-state index in [0.29, 0.717) is 130 Å². The monoisotopic (exact) mass is 1610 g/mol. The van der Waals surface area contributed by atoms with Crippen molar-refractivity contribution in [1.29, 1.82) is 0 Å². The number of likely N-dealkylation sites (tertiary alicyclic amines) is 1. The molecule has 0 aliphatic carbocycles. The standard InChI is InChI=1S/C22H24N4O3.C21H17N5O2.C20H27N5O2.C14H13N5O.C12H13N3O/c1-29-16-5-2-4-15(14-16)10-11-23-20(27)9-8-19-25-18-7-3-6-17-21(18)26(19)13-12-24-22(17)28;1-25(28)14-5-2-4-13(12-14)16-8-9-18(23-16)20-24-17-7-3-6-15-19(17)26(20)11-10-22-21(15)27;26-18(21-9-13-24-11-2-1-3-12-24)8-7-17-23-16-6-4-5-15-19(16)25(17)14-10-22-20(15)27;1-18-7-5-15-12(18)13-17-10-4-2-3-9-11(10)19(13)8-6-16-14(9)20;1-2-10-14-9-5-3-4-8-11(9)15(10)7-6-13-12(8)16/h2-7,14H,8-13H2,1H3,(H,23,27)(H,24,28);2-9,12,23H,1,10-11H2,(H,22,27);4-6H,1-3,7-14H2,(H,21,26)(H,22,27);2-5,7H,6,8H2,1H3,(H,16,20);3-5H,2,6-7H2,1H3,(H,13,16). The molecule has 0 unspecified atom stereocenters. The minimum atomic E-state index is -0.0740. The van der Waals surface area contributed by atoms with Crippen LogP contribution in [-0.4, -0.2) is 193 Å². The third kappa shape index (κ3) is 16.9. The van der Waals surface area contributed by atoms with Gasteiger partial charge in [-0.1, -0.05) is 67.9 Å². The normalized spacial score (nSPS) is 14.6. The molecule has 614 valence electrons. The zero-order chi connectivity index (χ0) is 82.9. The molecular weight excluding hydrogens is 1520 g/mol. The van der Waals surface area contributed by atoms with E-state index in [-0.39, 0.29) is 41.4 Å². The number of carbonyl (C=O) groups excluding carboxylic acids is 7. The minimum absolute atomic E-state index is 0.00389. The molecular formula is C89H94N22O9. The Morgan fingerprint density at radius 3 is 1.39 bits per heavy atom. The number of aryl methyl sites for hydroxylation is 4. The van der Waals surface area contributed by atoms with Crippen molar-refractivity contribution in [2.45, 2.75) is 97.4 Å². The number of nitrogens with one attached hydrogen (secondary N) is 8. The molecule has 6 aliphatic heterocycles. The average Bonchev–Trinajstić information content (AvgIpc) is 1.62. The lowest BCUT2D eigenvalue weighted by atomic mass is 10.1. The van der Waals surface area contributed by atoms with E-state index >= 15 is 0 Å². The van der Waals surface area contributed by atoms with E-state index in [1.807, 2.05) is 157 Å². The van der Waals surface area contributed by atoms with Crippen LogP contribution in [0.1, 0.15) is 114 Å². The smallest absolute Gasteiger partial charge is 0.253 e. The van der Waals surface area contributed by atoms with Crippen LogP contribution in [0.3, 0.4) is 0 Å². The van der Waals surface area contributed by atoms with E-state index in [1.54, 1.807) is 25.4 Å². The summed E-state index contributed by atoms with van der Waals surface area (Å²) in [6, 6.07) is 47.1. The first-order chi connectivity index (χ1) is 58.5. The van der Waals surface area contributed by atoms with Gasteiger partial charge in [0, 0.05) is 160 Å². The van der Waals surface area contributed by atoms with Crippen LogP contribution < -0.4 is 42.0 Å². The molecule has 7 aromatic heterocycles. The highest BCUT2D eigenvalue weighted by Gasteiger charge is 2.29. The Bertz CT molecular complexity index is 6260. The first-order valence-corrected chi connectivity index (χ1v) is 40.8. The van der Waals surface area contributed by atoms with E-state index in [4.69, 9.17) is 9.72 Å². The van der Waals surface area contributed by atoms with Gasteiger partial charge in [0.15, 0.2) is 17.5 Å². The number of aromatic nitrogens is 13. The second-order valence-corrected chi connectivity index (χ2v) is 30.0. The second-order valence-electron chi connectivity index (χ2n) is 30.0. The van der Waals surface area contributed by atoms with E-state index in [2.05, 4.69) is 108 Å². The van der Waals surface area contributed by atoms with Gasteiger partial charge in [-0.2, -0.15) is 4.74 Å². The summed E-state index contributed by atoms with van der Waals surface area (Å²) in [7, 11) is 3.58. The molecule has 0 bridgehead atoms. The average molecular weight is 1620 g/mol. The number of rotatable bonds is 18. The number of H-pyrrole nitrogens is 1. The van der Waals surface area contributed by atoms with Crippen molar-refractivity contribution in [2.24, 2.45) is 7.05 Å². The van der Waals surface area contributed by atoms with Crippen LogP contribution in [0, 0.1) is 5.21 Å². The molecule has 7 amide bonds. The van der Waals surface area contributed by atoms with Crippen LogP contribution in [0.25, 0.3) is 89.6 Å². The largest absolute Gasteiger partial charge is 0.619 e. The fraction of sp³-hybridized carbons (Fsp3) is 0.303. The third-order valence-corrected chi connectivity index (χ3v) is 22.3. The molecule has 0 spiro atoms. The van der Waals surface area contributed by atoms with Crippen LogP contribution in [0.4, 0.5) is 5.69 Å². The molecule has 31 heteroatoms. The van der Waals surface area contributed by atoms with Crippen LogP contribution in [-0.2, 0) is 75.0 Å². The fourth-order valence-electron chi connectivity index (χ4n) is 16.5. The van der Waals surface area contributed by atoms with Gasteiger partial charge in [0.25, 0.3) is 29.5 Å². The summed E-state index contributed by atoms with van der Waals surface area (Å²) < 4.78 is 18.2. The molecule has 120 heavy (non-hydrogen) atoms. The Hall–Kier alpha value is -14.1. The summed E-state index contributed by atoms with van der Waals surface area (Å²) in [5, 5.41) is 32.0. The number of nitrogens with zero attached hydrogens (tertiary/aromatic N) is 14.